The Hall–Kier alpha value is -1.01. The maximum atomic E-state index is 11.9. The number of nitrogens with one attached hydrogen (secondary N) is 1. The van der Waals surface area contributed by atoms with E-state index in [0.29, 0.717) is 18.9 Å². The monoisotopic (exact) mass is 206 g/mol. The van der Waals surface area contributed by atoms with E-state index >= 15 is 0 Å². The summed E-state index contributed by atoms with van der Waals surface area (Å²) in [5.41, 5.74) is 0. The maximum absolute atomic E-state index is 11.9. The molecule has 0 spiro atoms. The normalized spacial score (nSPS) is 20.5. The summed E-state index contributed by atoms with van der Waals surface area (Å²) < 4.78 is 0. The zero-order valence-electron chi connectivity index (χ0n) is 9.04. The van der Waals surface area contributed by atoms with Gasteiger partial charge in [0, 0.05) is 13.0 Å². The van der Waals surface area contributed by atoms with Crippen molar-refractivity contribution < 1.29 is 4.79 Å². The lowest BCUT2D eigenvalue weighted by atomic mass is 9.98. The summed E-state index contributed by atoms with van der Waals surface area (Å²) in [6.45, 7) is 3.33. The smallest absolute Gasteiger partial charge is 0.223 e. The third-order valence-electron chi connectivity index (χ3n) is 3.14. The summed E-state index contributed by atoms with van der Waals surface area (Å²) >= 11 is 0. The fourth-order valence-corrected chi connectivity index (χ4v) is 1.85. The molecule has 1 aliphatic carbocycles. The molecule has 1 saturated heterocycles. The molecule has 0 unspecified atom stereocenters. The van der Waals surface area contributed by atoms with Crippen LogP contribution in [-0.4, -0.2) is 37.0 Å². The van der Waals surface area contributed by atoms with Crippen molar-refractivity contribution >= 4 is 5.91 Å². The average Bonchev–Trinajstić information content (AvgIpc) is 2.94. The maximum Gasteiger partial charge on any atom is 0.223 e. The van der Waals surface area contributed by atoms with E-state index < -0.39 is 0 Å². The number of hydrogen-bond donors (Lipinski definition) is 1. The Morgan fingerprint density at radius 2 is 2.13 bits per heavy atom. The molecular formula is C12H18N2O. The highest BCUT2D eigenvalue weighted by Crippen LogP contribution is 2.30. The Kier molecular flexibility index (Phi) is 3.27. The fourth-order valence-electron chi connectivity index (χ4n) is 1.85. The third-order valence-corrected chi connectivity index (χ3v) is 3.14. The topological polar surface area (TPSA) is 32.3 Å². The Balaban J connectivity index is 1.78. The minimum atomic E-state index is 0.242. The second kappa shape index (κ2) is 4.67. The molecule has 0 aromatic heterocycles. The van der Waals surface area contributed by atoms with Crippen molar-refractivity contribution in [3.05, 3.63) is 0 Å². The van der Waals surface area contributed by atoms with Gasteiger partial charge in [-0.15, -0.1) is 6.42 Å². The van der Waals surface area contributed by atoms with Gasteiger partial charge in [-0.3, -0.25) is 4.79 Å². The first-order valence-corrected chi connectivity index (χ1v) is 5.71. The summed E-state index contributed by atoms with van der Waals surface area (Å²) in [4.78, 5) is 13.8. The molecule has 0 atom stereocenters. The molecule has 1 saturated carbocycles. The molecule has 82 valence electrons. The minimum Gasteiger partial charge on any atom is -0.331 e. The lowest BCUT2D eigenvalue weighted by Gasteiger charge is -2.29. The first-order chi connectivity index (χ1) is 7.29. The number of amides is 1. The zero-order chi connectivity index (χ0) is 10.7. The molecule has 3 nitrogen and oxygen atoms in total. The summed E-state index contributed by atoms with van der Waals surface area (Å²) in [7, 11) is 0. The first kappa shape index (κ1) is 10.5. The Bertz CT molecular complexity index is 274. The SMILES string of the molecule is C#CCN(CC1CC1)C(=O)CC1CNC1. The van der Waals surface area contributed by atoms with Crippen LogP contribution in [0, 0.1) is 24.2 Å². The first-order valence-electron chi connectivity index (χ1n) is 5.71. The summed E-state index contributed by atoms with van der Waals surface area (Å²) in [6.07, 6.45) is 8.48. The Labute approximate surface area is 91.2 Å². The molecule has 2 aliphatic rings. The lowest BCUT2D eigenvalue weighted by Crippen LogP contribution is -2.45. The molecule has 0 aromatic rings. The van der Waals surface area contributed by atoms with Crippen molar-refractivity contribution in [2.24, 2.45) is 11.8 Å². The van der Waals surface area contributed by atoms with Crippen LogP contribution in [0.4, 0.5) is 0 Å². The fraction of sp³-hybridized carbons (Fsp3) is 0.750. The molecule has 15 heavy (non-hydrogen) atoms. The van der Waals surface area contributed by atoms with E-state index in [1.807, 2.05) is 4.90 Å². The van der Waals surface area contributed by atoms with Gasteiger partial charge in [-0.25, -0.2) is 0 Å². The van der Waals surface area contributed by atoms with Gasteiger partial charge in [-0.1, -0.05) is 5.92 Å². The predicted octanol–water partition coefficient (Wildman–Crippen LogP) is 0.468. The molecule has 1 heterocycles. The number of carbonyl (C=O) groups is 1. The van der Waals surface area contributed by atoms with Crippen molar-refractivity contribution in [1.29, 1.82) is 0 Å². The molecule has 1 N–H and O–H groups in total. The number of carbonyl (C=O) groups excluding carboxylic acids is 1. The van der Waals surface area contributed by atoms with Crippen LogP contribution in [0.2, 0.25) is 0 Å². The molecule has 0 bridgehead atoms. The molecule has 2 fully saturated rings. The highest BCUT2D eigenvalue weighted by Gasteiger charge is 2.28. The largest absolute Gasteiger partial charge is 0.331 e. The Morgan fingerprint density at radius 3 is 2.60 bits per heavy atom. The van der Waals surface area contributed by atoms with Gasteiger partial charge in [0.1, 0.15) is 0 Å². The van der Waals surface area contributed by atoms with Gasteiger partial charge < -0.3 is 10.2 Å². The standard InChI is InChI=1S/C12H18N2O/c1-2-5-14(9-10-3-4-10)12(15)6-11-7-13-8-11/h1,10-11,13H,3-9H2. The second-order valence-electron chi connectivity index (χ2n) is 4.65. The van der Waals surface area contributed by atoms with E-state index in [9.17, 15) is 4.79 Å². The predicted molar refractivity (Wildman–Crippen MR) is 59.1 cm³/mol. The van der Waals surface area contributed by atoms with Gasteiger partial charge >= 0.3 is 0 Å². The van der Waals surface area contributed by atoms with Gasteiger partial charge in [-0.05, 0) is 37.8 Å². The quantitative estimate of drug-likeness (QED) is 0.663. The lowest BCUT2D eigenvalue weighted by molar-refractivity contribution is -0.132. The molecule has 0 radical (unpaired) electrons. The van der Waals surface area contributed by atoms with E-state index in [4.69, 9.17) is 6.42 Å². The van der Waals surface area contributed by atoms with Crippen molar-refractivity contribution in [2.75, 3.05) is 26.2 Å². The van der Waals surface area contributed by atoms with Crippen LogP contribution in [0.5, 0.6) is 0 Å². The van der Waals surface area contributed by atoms with Gasteiger partial charge in [0.2, 0.25) is 5.91 Å². The average molecular weight is 206 g/mol. The summed E-state index contributed by atoms with van der Waals surface area (Å²) in [6, 6.07) is 0. The zero-order valence-corrected chi connectivity index (χ0v) is 9.04. The molecule has 3 heteroatoms. The summed E-state index contributed by atoms with van der Waals surface area (Å²) in [5, 5.41) is 3.18. The van der Waals surface area contributed by atoms with Crippen molar-refractivity contribution in [2.45, 2.75) is 19.3 Å². The number of hydrogen-bond acceptors (Lipinski definition) is 2. The van der Waals surface area contributed by atoms with E-state index in [1.165, 1.54) is 12.8 Å². The van der Waals surface area contributed by atoms with E-state index in [-0.39, 0.29) is 5.91 Å². The summed E-state index contributed by atoms with van der Waals surface area (Å²) in [5.74, 6) is 4.09. The molecule has 1 aliphatic heterocycles. The van der Waals surface area contributed by atoms with Crippen molar-refractivity contribution in [3.63, 3.8) is 0 Å². The minimum absolute atomic E-state index is 0.242. The van der Waals surface area contributed by atoms with Crippen LogP contribution in [0.15, 0.2) is 0 Å². The molecular weight excluding hydrogens is 188 g/mol. The van der Waals surface area contributed by atoms with Gasteiger partial charge in [-0.2, -0.15) is 0 Å². The Morgan fingerprint density at radius 1 is 1.40 bits per heavy atom. The number of rotatable bonds is 5. The second-order valence-corrected chi connectivity index (χ2v) is 4.65. The van der Waals surface area contributed by atoms with Crippen molar-refractivity contribution in [1.82, 2.24) is 10.2 Å². The van der Waals surface area contributed by atoms with Gasteiger partial charge in [0.15, 0.2) is 0 Å². The third kappa shape index (κ3) is 2.97. The van der Waals surface area contributed by atoms with Crippen LogP contribution in [-0.2, 0) is 4.79 Å². The van der Waals surface area contributed by atoms with E-state index in [2.05, 4.69) is 11.2 Å². The number of nitrogens with zero attached hydrogens (tertiary/aromatic N) is 1. The van der Waals surface area contributed by atoms with Crippen LogP contribution in [0.3, 0.4) is 0 Å². The van der Waals surface area contributed by atoms with Crippen LogP contribution in [0.25, 0.3) is 0 Å². The van der Waals surface area contributed by atoms with Crippen molar-refractivity contribution in [3.8, 4) is 12.3 Å². The molecule has 0 aromatic carbocycles. The van der Waals surface area contributed by atoms with Crippen LogP contribution < -0.4 is 5.32 Å². The van der Waals surface area contributed by atoms with Gasteiger partial charge in [0.05, 0.1) is 6.54 Å². The van der Waals surface area contributed by atoms with E-state index in [1.54, 1.807) is 0 Å². The molecule has 1 amide bonds. The van der Waals surface area contributed by atoms with Gasteiger partial charge in [0.25, 0.3) is 0 Å². The molecule has 2 rings (SSSR count). The van der Waals surface area contributed by atoms with E-state index in [0.717, 1.165) is 25.6 Å². The highest BCUT2D eigenvalue weighted by atomic mass is 16.2. The highest BCUT2D eigenvalue weighted by molar-refractivity contribution is 5.77. The van der Waals surface area contributed by atoms with Crippen LogP contribution >= 0.6 is 0 Å². The number of terminal acetylenes is 1. The van der Waals surface area contributed by atoms with Crippen LogP contribution in [0.1, 0.15) is 19.3 Å².